The fourth-order valence-corrected chi connectivity index (χ4v) is 10.0. The molecule has 1 aliphatic carbocycles. The number of hydrogen-bond donors (Lipinski definition) is 0. The normalized spacial score (nSPS) is 12.9. The first-order valence-electron chi connectivity index (χ1n) is 22.0. The lowest BCUT2D eigenvalue weighted by molar-refractivity contribution is 0.660. The van der Waals surface area contributed by atoms with Crippen LogP contribution < -0.4 is 0 Å². The molecule has 6 nitrogen and oxygen atoms in total. The van der Waals surface area contributed by atoms with Crippen LogP contribution in [0, 0.1) is 0 Å². The van der Waals surface area contributed by atoms with Crippen LogP contribution in [0.5, 0.6) is 0 Å². The van der Waals surface area contributed by atoms with Crippen LogP contribution in [0.15, 0.2) is 205 Å². The average molecular weight is 834 g/mol. The molecule has 0 amide bonds. The molecule has 8 aromatic carbocycles. The van der Waals surface area contributed by atoms with Crippen molar-refractivity contribution in [3.05, 3.63) is 211 Å². The first-order chi connectivity index (χ1) is 32.0. The van der Waals surface area contributed by atoms with E-state index in [1.165, 1.54) is 16.7 Å². The maximum absolute atomic E-state index is 6.57. The number of para-hydroxylation sites is 1. The lowest BCUT2D eigenvalue weighted by atomic mass is 9.83. The van der Waals surface area contributed by atoms with Gasteiger partial charge in [-0.05, 0) is 88.0 Å². The third-order valence-corrected chi connectivity index (χ3v) is 13.2. The van der Waals surface area contributed by atoms with Crippen molar-refractivity contribution in [3.63, 3.8) is 0 Å². The minimum Gasteiger partial charge on any atom is -0.456 e. The summed E-state index contributed by atoms with van der Waals surface area (Å²) in [6.07, 6.45) is 0. The molecular formula is C59H39N5O. The van der Waals surface area contributed by atoms with Crippen LogP contribution in [0.25, 0.3) is 117 Å². The molecule has 4 aromatic heterocycles. The van der Waals surface area contributed by atoms with E-state index in [4.69, 9.17) is 24.4 Å². The smallest absolute Gasteiger partial charge is 0.164 e. The average Bonchev–Trinajstić information content (AvgIpc) is 3.98. The molecule has 0 spiro atoms. The molecule has 0 radical (unpaired) electrons. The third-order valence-electron chi connectivity index (χ3n) is 13.2. The third kappa shape index (κ3) is 5.88. The summed E-state index contributed by atoms with van der Waals surface area (Å²) in [5, 5.41) is 3.23. The molecule has 306 valence electrons. The van der Waals surface area contributed by atoms with Crippen molar-refractivity contribution < 1.29 is 4.42 Å². The maximum atomic E-state index is 6.57. The highest BCUT2D eigenvalue weighted by Crippen LogP contribution is 2.50. The Bertz CT molecular complexity index is 3790. The number of benzene rings is 8. The Morgan fingerprint density at radius 1 is 0.400 bits per heavy atom. The van der Waals surface area contributed by atoms with Gasteiger partial charge in [0.1, 0.15) is 11.2 Å². The molecule has 0 N–H and O–H groups in total. The molecule has 1 aliphatic rings. The van der Waals surface area contributed by atoms with E-state index in [1.54, 1.807) is 0 Å². The van der Waals surface area contributed by atoms with Crippen LogP contribution in [-0.4, -0.2) is 24.5 Å². The first-order valence-corrected chi connectivity index (χ1v) is 22.0. The van der Waals surface area contributed by atoms with Crippen LogP contribution in [0.4, 0.5) is 0 Å². The van der Waals surface area contributed by atoms with E-state index in [9.17, 15) is 0 Å². The fraction of sp³-hybridized carbons (Fsp3) is 0.0508. The Balaban J connectivity index is 0.956. The van der Waals surface area contributed by atoms with Crippen LogP contribution in [0.2, 0.25) is 0 Å². The highest BCUT2D eigenvalue weighted by atomic mass is 16.3. The summed E-state index contributed by atoms with van der Waals surface area (Å²) in [6.45, 7) is 4.63. The molecule has 6 heteroatoms. The van der Waals surface area contributed by atoms with Gasteiger partial charge < -0.3 is 8.98 Å². The quantitative estimate of drug-likeness (QED) is 0.167. The Labute approximate surface area is 375 Å². The monoisotopic (exact) mass is 833 g/mol. The van der Waals surface area contributed by atoms with Crippen molar-refractivity contribution in [2.75, 3.05) is 0 Å². The summed E-state index contributed by atoms with van der Waals surface area (Å²) >= 11 is 0. The van der Waals surface area contributed by atoms with E-state index in [0.717, 1.165) is 94.2 Å². The Morgan fingerprint density at radius 3 is 1.72 bits per heavy atom. The number of hydrogen-bond acceptors (Lipinski definition) is 5. The number of nitrogens with zero attached hydrogens (tertiary/aromatic N) is 5. The van der Waals surface area contributed by atoms with Crippen molar-refractivity contribution in [1.29, 1.82) is 0 Å². The van der Waals surface area contributed by atoms with Crippen molar-refractivity contribution in [1.82, 2.24) is 24.5 Å². The number of pyridine rings is 1. The number of rotatable bonds is 6. The van der Waals surface area contributed by atoms with Crippen LogP contribution in [0.1, 0.15) is 25.0 Å². The summed E-state index contributed by atoms with van der Waals surface area (Å²) < 4.78 is 8.94. The van der Waals surface area contributed by atoms with Gasteiger partial charge in [0.25, 0.3) is 0 Å². The standard InChI is InChI=1S/C59H39N5O/c1-59(2)47-26-13-12-24-44(47)54-48(59)35-50-55(60-54)45-33-38(28-30-49(45)64(50)42-22-10-5-11-23-42)39-29-31-51-46(34-39)53-43(25-15-27-52(53)65-51)40-20-14-21-41(32-40)58-62-56(36-16-6-3-7-17-36)61-57(63-58)37-18-8-4-9-19-37/h3-35H,1-2H3. The second kappa shape index (κ2) is 14.3. The zero-order chi connectivity index (χ0) is 43.2. The van der Waals surface area contributed by atoms with Gasteiger partial charge in [-0.3, -0.25) is 0 Å². The largest absolute Gasteiger partial charge is 0.456 e. The fourth-order valence-electron chi connectivity index (χ4n) is 10.0. The van der Waals surface area contributed by atoms with Crippen molar-refractivity contribution in [2.45, 2.75) is 19.3 Å². The number of fused-ring (bicyclic) bond motifs is 9. The molecule has 12 aromatic rings. The van der Waals surface area contributed by atoms with Gasteiger partial charge in [-0.1, -0.05) is 159 Å². The SMILES string of the molecule is CC1(C)c2ccccc2-c2nc3c4cc(-c5ccc6oc7cccc(-c8cccc(-c9nc(-c%10ccccc%10)nc(-c%10ccccc%10)n9)c8)c7c6c5)ccc4n(-c4ccccc4)c3cc21. The zero-order valence-electron chi connectivity index (χ0n) is 35.7. The van der Waals surface area contributed by atoms with Gasteiger partial charge in [0.2, 0.25) is 0 Å². The molecule has 65 heavy (non-hydrogen) atoms. The molecule has 0 aliphatic heterocycles. The van der Waals surface area contributed by atoms with Gasteiger partial charge in [0.05, 0.1) is 22.2 Å². The van der Waals surface area contributed by atoms with E-state index in [2.05, 4.69) is 158 Å². The van der Waals surface area contributed by atoms with E-state index >= 15 is 0 Å². The van der Waals surface area contributed by atoms with Gasteiger partial charge in [-0.25, -0.2) is 19.9 Å². The summed E-state index contributed by atoms with van der Waals surface area (Å²) in [5.41, 5.74) is 17.8. The van der Waals surface area contributed by atoms with Gasteiger partial charge in [0.15, 0.2) is 17.5 Å². The van der Waals surface area contributed by atoms with Gasteiger partial charge in [-0.15, -0.1) is 0 Å². The minimum atomic E-state index is -0.163. The first kappa shape index (κ1) is 37.1. The van der Waals surface area contributed by atoms with Crippen molar-refractivity contribution in [2.24, 2.45) is 0 Å². The molecule has 13 rings (SSSR count). The zero-order valence-corrected chi connectivity index (χ0v) is 35.7. The summed E-state index contributed by atoms with van der Waals surface area (Å²) in [4.78, 5) is 20.5. The number of aromatic nitrogens is 5. The van der Waals surface area contributed by atoms with Gasteiger partial charge in [-0.2, -0.15) is 0 Å². The predicted octanol–water partition coefficient (Wildman–Crippen LogP) is 14.9. The summed E-state index contributed by atoms with van der Waals surface area (Å²) in [7, 11) is 0. The second-order valence-corrected chi connectivity index (χ2v) is 17.4. The van der Waals surface area contributed by atoms with E-state index in [0.29, 0.717) is 17.5 Å². The summed E-state index contributed by atoms with van der Waals surface area (Å²) in [6, 6.07) is 70.1. The van der Waals surface area contributed by atoms with Gasteiger partial charge in [0, 0.05) is 49.5 Å². The van der Waals surface area contributed by atoms with E-state index in [-0.39, 0.29) is 5.41 Å². The second-order valence-electron chi connectivity index (χ2n) is 17.4. The Hall–Kier alpha value is -8.48. The topological polar surface area (TPSA) is 69.6 Å². The Morgan fingerprint density at radius 2 is 0.985 bits per heavy atom. The highest BCUT2D eigenvalue weighted by Gasteiger charge is 2.37. The molecule has 4 heterocycles. The van der Waals surface area contributed by atoms with Crippen LogP contribution >= 0.6 is 0 Å². The van der Waals surface area contributed by atoms with Gasteiger partial charge >= 0.3 is 0 Å². The van der Waals surface area contributed by atoms with Crippen molar-refractivity contribution in [3.8, 4) is 73.4 Å². The molecule has 0 saturated carbocycles. The lowest BCUT2D eigenvalue weighted by Crippen LogP contribution is -2.15. The van der Waals surface area contributed by atoms with Crippen LogP contribution in [0.3, 0.4) is 0 Å². The molecule has 0 fully saturated rings. The molecule has 0 unspecified atom stereocenters. The molecule has 0 saturated heterocycles. The highest BCUT2D eigenvalue weighted by molar-refractivity contribution is 6.14. The predicted molar refractivity (Wildman–Crippen MR) is 264 cm³/mol. The lowest BCUT2D eigenvalue weighted by Gasteiger charge is -2.21. The molecule has 0 atom stereocenters. The number of furan rings is 1. The van der Waals surface area contributed by atoms with E-state index < -0.39 is 0 Å². The van der Waals surface area contributed by atoms with E-state index in [1.807, 2.05) is 60.7 Å². The van der Waals surface area contributed by atoms with Crippen LogP contribution in [-0.2, 0) is 5.41 Å². The maximum Gasteiger partial charge on any atom is 0.164 e. The summed E-state index contributed by atoms with van der Waals surface area (Å²) in [5.74, 6) is 1.88. The Kier molecular flexibility index (Phi) is 8.15. The molecular weight excluding hydrogens is 795 g/mol. The van der Waals surface area contributed by atoms with Crippen molar-refractivity contribution >= 4 is 43.9 Å². The molecule has 0 bridgehead atoms. The minimum absolute atomic E-state index is 0.163.